The summed E-state index contributed by atoms with van der Waals surface area (Å²) in [5.41, 5.74) is 1.08. The van der Waals surface area contributed by atoms with Crippen molar-refractivity contribution in [2.45, 2.75) is 39.3 Å². The lowest BCUT2D eigenvalue weighted by Crippen LogP contribution is -2.42. The Balaban J connectivity index is 2.04. The molecule has 0 saturated heterocycles. The number of hydrogen-bond donors (Lipinski definition) is 2. The number of hydrogen-bond acceptors (Lipinski definition) is 5. The molecule has 0 bridgehead atoms. The lowest BCUT2D eigenvalue weighted by molar-refractivity contribution is -0.156. The zero-order valence-electron chi connectivity index (χ0n) is 12.4. The minimum Gasteiger partial charge on any atom is -0.458 e. The predicted octanol–water partition coefficient (Wildman–Crippen LogP) is 1.42. The Morgan fingerprint density at radius 2 is 1.90 bits per heavy atom. The number of nitrogens with zero attached hydrogens (tertiary/aromatic N) is 2. The lowest BCUT2D eigenvalue weighted by atomic mass is 10.1. The van der Waals surface area contributed by atoms with Crippen LogP contribution in [0.25, 0.3) is 11.0 Å². The fourth-order valence-corrected chi connectivity index (χ4v) is 1.71. The number of esters is 1. The van der Waals surface area contributed by atoms with Gasteiger partial charge < -0.3 is 10.1 Å². The maximum atomic E-state index is 12.1. The van der Waals surface area contributed by atoms with Crippen molar-refractivity contribution in [3.05, 3.63) is 23.8 Å². The van der Waals surface area contributed by atoms with Crippen molar-refractivity contribution in [1.29, 1.82) is 0 Å². The van der Waals surface area contributed by atoms with Crippen LogP contribution in [0.15, 0.2) is 18.2 Å². The molecule has 0 saturated carbocycles. The number of carbonyl (C=O) groups excluding carboxylic acids is 2. The molecule has 0 aliphatic heterocycles. The van der Waals surface area contributed by atoms with Crippen LogP contribution in [0.3, 0.4) is 0 Å². The number of rotatable bonds is 3. The molecule has 0 aliphatic rings. The van der Waals surface area contributed by atoms with Gasteiger partial charge in [-0.05, 0) is 45.9 Å². The number of aromatic amines is 1. The first-order valence-electron chi connectivity index (χ1n) is 6.60. The van der Waals surface area contributed by atoms with Gasteiger partial charge in [0.05, 0.1) is 0 Å². The van der Waals surface area contributed by atoms with Gasteiger partial charge in [-0.25, -0.2) is 4.79 Å². The van der Waals surface area contributed by atoms with E-state index in [1.54, 1.807) is 45.9 Å². The van der Waals surface area contributed by atoms with Gasteiger partial charge in [0.1, 0.15) is 22.7 Å². The summed E-state index contributed by atoms with van der Waals surface area (Å²) in [7, 11) is 0. The number of carbonyl (C=O) groups is 2. The monoisotopic (exact) mass is 290 g/mol. The van der Waals surface area contributed by atoms with Crippen molar-refractivity contribution in [2.24, 2.45) is 0 Å². The molecule has 2 N–H and O–H groups in total. The first-order valence-corrected chi connectivity index (χ1v) is 6.60. The zero-order chi connectivity index (χ0) is 15.6. The molecule has 7 heteroatoms. The van der Waals surface area contributed by atoms with Crippen LogP contribution >= 0.6 is 0 Å². The highest BCUT2D eigenvalue weighted by Crippen LogP contribution is 2.11. The highest BCUT2D eigenvalue weighted by molar-refractivity contribution is 5.99. The normalized spacial score (nSPS) is 13.0. The summed E-state index contributed by atoms with van der Waals surface area (Å²) in [5, 5.41) is 12.9. The number of aromatic nitrogens is 3. The first-order chi connectivity index (χ1) is 9.76. The molecule has 7 nitrogen and oxygen atoms in total. The van der Waals surface area contributed by atoms with E-state index < -0.39 is 17.6 Å². The fourth-order valence-electron chi connectivity index (χ4n) is 1.71. The summed E-state index contributed by atoms with van der Waals surface area (Å²) in [4.78, 5) is 23.9. The number of H-pyrrole nitrogens is 1. The highest BCUT2D eigenvalue weighted by Gasteiger charge is 2.23. The molecule has 1 aromatic heterocycles. The molecule has 21 heavy (non-hydrogen) atoms. The van der Waals surface area contributed by atoms with E-state index in [2.05, 4.69) is 20.7 Å². The molecule has 0 fully saturated rings. The second-order valence-electron chi connectivity index (χ2n) is 5.76. The molecule has 0 unspecified atom stereocenters. The number of ether oxygens (including phenoxy) is 1. The van der Waals surface area contributed by atoms with Crippen LogP contribution in [0.5, 0.6) is 0 Å². The summed E-state index contributed by atoms with van der Waals surface area (Å²) < 4.78 is 5.21. The standard InChI is InChI=1S/C14H18N4O3/c1-8(13(20)21-14(2,3)4)15-12(19)9-5-6-10-11(7-9)17-18-16-10/h5-8H,1-4H3,(H,15,19)(H,16,17,18)/t8-/m0/s1. The molecule has 0 spiro atoms. The zero-order valence-corrected chi connectivity index (χ0v) is 12.4. The van der Waals surface area contributed by atoms with E-state index >= 15 is 0 Å². The fraction of sp³-hybridized carbons (Fsp3) is 0.429. The molecule has 2 aromatic rings. The van der Waals surface area contributed by atoms with E-state index in [0.717, 1.165) is 0 Å². The van der Waals surface area contributed by atoms with E-state index in [-0.39, 0.29) is 5.91 Å². The van der Waals surface area contributed by atoms with Gasteiger partial charge in [0.25, 0.3) is 5.91 Å². The molecule has 112 valence electrons. The van der Waals surface area contributed by atoms with E-state index in [1.807, 2.05) is 0 Å². The molecule has 2 rings (SSSR count). The van der Waals surface area contributed by atoms with Crippen molar-refractivity contribution < 1.29 is 14.3 Å². The first kappa shape index (κ1) is 15.0. The van der Waals surface area contributed by atoms with Crippen LogP contribution in [0.4, 0.5) is 0 Å². The summed E-state index contributed by atoms with van der Waals surface area (Å²) >= 11 is 0. The average Bonchev–Trinajstić information content (AvgIpc) is 2.83. The number of fused-ring (bicyclic) bond motifs is 1. The summed E-state index contributed by atoms with van der Waals surface area (Å²) in [6, 6.07) is 4.19. The smallest absolute Gasteiger partial charge is 0.328 e. The van der Waals surface area contributed by atoms with Crippen molar-refractivity contribution in [3.63, 3.8) is 0 Å². The van der Waals surface area contributed by atoms with Crippen LogP contribution in [0, 0.1) is 0 Å². The quantitative estimate of drug-likeness (QED) is 0.833. The summed E-state index contributed by atoms with van der Waals surface area (Å²) in [6.45, 7) is 6.91. The van der Waals surface area contributed by atoms with E-state index in [9.17, 15) is 9.59 Å². The lowest BCUT2D eigenvalue weighted by Gasteiger charge is -2.22. The van der Waals surface area contributed by atoms with Gasteiger partial charge in [-0.1, -0.05) is 0 Å². The Morgan fingerprint density at radius 3 is 2.57 bits per heavy atom. The molecular weight excluding hydrogens is 272 g/mol. The molecule has 0 aliphatic carbocycles. The SMILES string of the molecule is C[C@H](NC(=O)c1ccc2n[nH]nc2c1)C(=O)OC(C)(C)C. The van der Waals surface area contributed by atoms with Gasteiger partial charge in [-0.15, -0.1) is 0 Å². The van der Waals surface area contributed by atoms with Crippen molar-refractivity contribution in [2.75, 3.05) is 0 Å². The molecule has 1 atom stereocenters. The van der Waals surface area contributed by atoms with Gasteiger partial charge in [0.15, 0.2) is 0 Å². The Labute approximate surface area is 122 Å². The Hall–Kier alpha value is -2.44. The van der Waals surface area contributed by atoms with E-state index in [0.29, 0.717) is 16.6 Å². The summed E-state index contributed by atoms with van der Waals surface area (Å²) in [6.07, 6.45) is 0. The Morgan fingerprint density at radius 1 is 1.24 bits per heavy atom. The molecule has 0 radical (unpaired) electrons. The summed E-state index contributed by atoms with van der Waals surface area (Å²) in [5.74, 6) is -0.836. The minimum atomic E-state index is -0.732. The topological polar surface area (TPSA) is 97.0 Å². The van der Waals surface area contributed by atoms with Crippen molar-refractivity contribution >= 4 is 22.9 Å². The number of benzene rings is 1. The number of nitrogens with one attached hydrogen (secondary N) is 2. The van der Waals surface area contributed by atoms with Gasteiger partial charge in [-0.2, -0.15) is 15.4 Å². The Kier molecular flexibility index (Phi) is 3.93. The van der Waals surface area contributed by atoms with Crippen molar-refractivity contribution in [1.82, 2.24) is 20.7 Å². The maximum absolute atomic E-state index is 12.1. The third-order valence-electron chi connectivity index (χ3n) is 2.69. The van der Waals surface area contributed by atoms with Crippen LogP contribution in [-0.2, 0) is 9.53 Å². The van der Waals surface area contributed by atoms with Gasteiger partial charge in [0, 0.05) is 5.56 Å². The van der Waals surface area contributed by atoms with Crippen LogP contribution in [-0.4, -0.2) is 38.9 Å². The predicted molar refractivity (Wildman–Crippen MR) is 76.7 cm³/mol. The molecule has 1 heterocycles. The second-order valence-corrected chi connectivity index (χ2v) is 5.76. The minimum absolute atomic E-state index is 0.363. The van der Waals surface area contributed by atoms with Crippen molar-refractivity contribution in [3.8, 4) is 0 Å². The van der Waals surface area contributed by atoms with E-state index in [4.69, 9.17) is 4.74 Å². The largest absolute Gasteiger partial charge is 0.458 e. The van der Waals surface area contributed by atoms with E-state index in [1.165, 1.54) is 0 Å². The molecule has 1 aromatic carbocycles. The van der Waals surface area contributed by atoms with Gasteiger partial charge >= 0.3 is 5.97 Å². The second kappa shape index (κ2) is 5.51. The maximum Gasteiger partial charge on any atom is 0.328 e. The number of amides is 1. The van der Waals surface area contributed by atoms with Crippen LogP contribution in [0.2, 0.25) is 0 Å². The van der Waals surface area contributed by atoms with Crippen LogP contribution < -0.4 is 5.32 Å². The molecular formula is C14H18N4O3. The van der Waals surface area contributed by atoms with Crippen LogP contribution in [0.1, 0.15) is 38.1 Å². The average molecular weight is 290 g/mol. The highest BCUT2D eigenvalue weighted by atomic mass is 16.6. The van der Waals surface area contributed by atoms with Gasteiger partial charge in [-0.3, -0.25) is 4.79 Å². The Bertz CT molecular complexity index is 672. The molecule has 1 amide bonds. The third kappa shape index (κ3) is 3.77. The third-order valence-corrected chi connectivity index (χ3v) is 2.69. The van der Waals surface area contributed by atoms with Gasteiger partial charge in [0.2, 0.25) is 0 Å².